The second-order valence-electron chi connectivity index (χ2n) is 4.42. The highest BCUT2D eigenvalue weighted by Crippen LogP contribution is 2.33. The van der Waals surface area contributed by atoms with Crippen LogP contribution in [0.2, 0.25) is 0 Å². The number of hydrogen-bond acceptors (Lipinski definition) is 3. The van der Waals surface area contributed by atoms with Gasteiger partial charge in [0.05, 0.1) is 11.4 Å². The first-order valence-corrected chi connectivity index (χ1v) is 5.64. The van der Waals surface area contributed by atoms with Crippen LogP contribution in [-0.2, 0) is 4.79 Å². The Morgan fingerprint density at radius 3 is 3.19 bits per heavy atom. The minimum absolute atomic E-state index is 0.0519. The van der Waals surface area contributed by atoms with Gasteiger partial charge in [-0.15, -0.1) is 0 Å². The van der Waals surface area contributed by atoms with Crippen molar-refractivity contribution in [2.24, 2.45) is 0 Å². The average molecular weight is 217 g/mol. The first-order chi connectivity index (χ1) is 7.75. The van der Waals surface area contributed by atoms with E-state index in [1.165, 1.54) is 5.56 Å². The number of hydrogen-bond donors (Lipinski definition) is 2. The van der Waals surface area contributed by atoms with Crippen molar-refractivity contribution in [1.29, 1.82) is 0 Å². The van der Waals surface area contributed by atoms with E-state index in [1.54, 1.807) is 0 Å². The van der Waals surface area contributed by atoms with Gasteiger partial charge in [0.1, 0.15) is 6.04 Å². The maximum absolute atomic E-state index is 11.9. The van der Waals surface area contributed by atoms with E-state index in [9.17, 15) is 4.79 Å². The lowest BCUT2D eigenvalue weighted by Crippen LogP contribution is -2.58. The van der Waals surface area contributed by atoms with E-state index in [0.717, 1.165) is 31.0 Å². The van der Waals surface area contributed by atoms with Gasteiger partial charge in [-0.25, -0.2) is 0 Å². The summed E-state index contributed by atoms with van der Waals surface area (Å²) < 4.78 is 0. The van der Waals surface area contributed by atoms with Crippen molar-refractivity contribution in [2.45, 2.75) is 13.0 Å². The molecule has 1 aromatic rings. The van der Waals surface area contributed by atoms with Gasteiger partial charge in [0.25, 0.3) is 0 Å². The SMILES string of the molecule is Cc1ccc2c(c1)NC(=O)C1CNCCN21. The number of fused-ring (bicyclic) bond motifs is 3. The maximum atomic E-state index is 11.9. The standard InChI is InChI=1S/C12H15N3O/c1-8-2-3-10-9(6-8)14-12(16)11-7-13-4-5-15(10)11/h2-3,6,11,13H,4-5,7H2,1H3,(H,14,16). The van der Waals surface area contributed by atoms with Gasteiger partial charge in [-0.3, -0.25) is 4.79 Å². The Balaban J connectivity index is 2.06. The average Bonchev–Trinajstić information content (AvgIpc) is 2.29. The van der Waals surface area contributed by atoms with Gasteiger partial charge in [0.15, 0.2) is 0 Å². The molecule has 0 radical (unpaired) electrons. The first kappa shape index (κ1) is 9.66. The van der Waals surface area contributed by atoms with Crippen molar-refractivity contribution >= 4 is 17.3 Å². The van der Waals surface area contributed by atoms with Crippen LogP contribution in [-0.4, -0.2) is 31.6 Å². The van der Waals surface area contributed by atoms with Crippen LogP contribution in [0.25, 0.3) is 0 Å². The van der Waals surface area contributed by atoms with Crippen LogP contribution in [0.15, 0.2) is 18.2 Å². The lowest BCUT2D eigenvalue weighted by molar-refractivity contribution is -0.117. The second-order valence-corrected chi connectivity index (χ2v) is 4.42. The number of piperazine rings is 1. The molecule has 0 aliphatic carbocycles. The molecule has 2 N–H and O–H groups in total. The van der Waals surface area contributed by atoms with E-state index < -0.39 is 0 Å². The van der Waals surface area contributed by atoms with Gasteiger partial charge >= 0.3 is 0 Å². The smallest absolute Gasteiger partial charge is 0.248 e. The predicted octanol–water partition coefficient (Wildman–Crippen LogP) is 0.725. The molecule has 0 saturated carbocycles. The first-order valence-electron chi connectivity index (χ1n) is 5.64. The van der Waals surface area contributed by atoms with Crippen molar-refractivity contribution in [2.75, 3.05) is 29.9 Å². The van der Waals surface area contributed by atoms with Crippen molar-refractivity contribution in [1.82, 2.24) is 5.32 Å². The molecule has 0 bridgehead atoms. The molecule has 1 aromatic carbocycles. The summed E-state index contributed by atoms with van der Waals surface area (Å²) in [5.74, 6) is 0.102. The van der Waals surface area contributed by atoms with Crippen LogP contribution in [0.5, 0.6) is 0 Å². The number of rotatable bonds is 0. The minimum atomic E-state index is -0.0519. The molecule has 16 heavy (non-hydrogen) atoms. The molecular formula is C12H15N3O. The van der Waals surface area contributed by atoms with Crippen molar-refractivity contribution in [3.8, 4) is 0 Å². The highest BCUT2D eigenvalue weighted by atomic mass is 16.2. The van der Waals surface area contributed by atoms with Crippen molar-refractivity contribution < 1.29 is 4.79 Å². The van der Waals surface area contributed by atoms with Gasteiger partial charge in [0.2, 0.25) is 5.91 Å². The summed E-state index contributed by atoms with van der Waals surface area (Å²) in [6, 6.07) is 6.17. The Morgan fingerprint density at radius 2 is 2.31 bits per heavy atom. The Kier molecular flexibility index (Phi) is 2.11. The third-order valence-electron chi connectivity index (χ3n) is 3.27. The minimum Gasteiger partial charge on any atom is -0.356 e. The number of carbonyl (C=O) groups excluding carboxylic acids is 1. The molecule has 1 fully saturated rings. The van der Waals surface area contributed by atoms with E-state index in [1.807, 2.05) is 13.0 Å². The number of aryl methyl sites for hydroxylation is 1. The molecule has 2 aliphatic heterocycles. The van der Waals surface area contributed by atoms with Gasteiger partial charge in [-0.2, -0.15) is 0 Å². The maximum Gasteiger partial charge on any atom is 0.248 e. The summed E-state index contributed by atoms with van der Waals surface area (Å²) in [5, 5.41) is 6.23. The fourth-order valence-corrected chi connectivity index (χ4v) is 2.44. The lowest BCUT2D eigenvalue weighted by Gasteiger charge is -2.41. The highest BCUT2D eigenvalue weighted by Gasteiger charge is 2.34. The lowest BCUT2D eigenvalue weighted by atomic mass is 10.0. The van der Waals surface area contributed by atoms with Crippen molar-refractivity contribution in [3.05, 3.63) is 23.8 Å². The zero-order valence-electron chi connectivity index (χ0n) is 9.29. The summed E-state index contributed by atoms with van der Waals surface area (Å²) in [4.78, 5) is 14.1. The Labute approximate surface area is 94.6 Å². The normalized spacial score (nSPS) is 23.4. The molecule has 0 spiro atoms. The van der Waals surface area contributed by atoms with Crippen LogP contribution >= 0.6 is 0 Å². The number of carbonyl (C=O) groups is 1. The monoisotopic (exact) mass is 217 g/mol. The molecule has 1 saturated heterocycles. The van der Waals surface area contributed by atoms with Crippen molar-refractivity contribution in [3.63, 3.8) is 0 Å². The molecular weight excluding hydrogens is 202 g/mol. The van der Waals surface area contributed by atoms with Crippen LogP contribution in [0.1, 0.15) is 5.56 Å². The molecule has 4 heteroatoms. The summed E-state index contributed by atoms with van der Waals surface area (Å²) in [7, 11) is 0. The Morgan fingerprint density at radius 1 is 1.44 bits per heavy atom. The summed E-state index contributed by atoms with van der Waals surface area (Å²) in [6.45, 7) is 4.61. The number of benzene rings is 1. The fraction of sp³-hybridized carbons (Fsp3) is 0.417. The molecule has 4 nitrogen and oxygen atoms in total. The molecule has 2 aliphatic rings. The predicted molar refractivity (Wildman–Crippen MR) is 63.8 cm³/mol. The topological polar surface area (TPSA) is 44.4 Å². The largest absolute Gasteiger partial charge is 0.356 e. The van der Waals surface area contributed by atoms with Crippen LogP contribution < -0.4 is 15.5 Å². The number of nitrogens with one attached hydrogen (secondary N) is 2. The summed E-state index contributed by atoms with van der Waals surface area (Å²) in [5.41, 5.74) is 3.27. The molecule has 2 heterocycles. The fourth-order valence-electron chi connectivity index (χ4n) is 2.44. The number of anilines is 2. The third-order valence-corrected chi connectivity index (χ3v) is 3.27. The number of amides is 1. The quantitative estimate of drug-likeness (QED) is 0.673. The Hall–Kier alpha value is -1.55. The molecule has 3 rings (SSSR count). The van der Waals surface area contributed by atoms with E-state index in [4.69, 9.17) is 0 Å². The van der Waals surface area contributed by atoms with E-state index in [0.29, 0.717) is 0 Å². The second kappa shape index (κ2) is 3.49. The van der Waals surface area contributed by atoms with Crippen LogP contribution in [0, 0.1) is 6.92 Å². The van der Waals surface area contributed by atoms with Gasteiger partial charge in [-0.05, 0) is 24.6 Å². The van der Waals surface area contributed by atoms with Gasteiger partial charge < -0.3 is 15.5 Å². The summed E-state index contributed by atoms with van der Waals surface area (Å²) >= 11 is 0. The Bertz CT molecular complexity index is 444. The number of nitrogens with zero attached hydrogens (tertiary/aromatic N) is 1. The zero-order chi connectivity index (χ0) is 11.1. The molecule has 84 valence electrons. The molecule has 1 atom stereocenters. The zero-order valence-corrected chi connectivity index (χ0v) is 9.29. The highest BCUT2D eigenvalue weighted by molar-refractivity contribution is 6.04. The molecule has 1 amide bonds. The van der Waals surface area contributed by atoms with Gasteiger partial charge in [0, 0.05) is 19.6 Å². The van der Waals surface area contributed by atoms with E-state index >= 15 is 0 Å². The summed E-state index contributed by atoms with van der Waals surface area (Å²) in [6.07, 6.45) is 0. The van der Waals surface area contributed by atoms with E-state index in [2.05, 4.69) is 27.7 Å². The van der Waals surface area contributed by atoms with Crippen LogP contribution in [0.4, 0.5) is 11.4 Å². The van der Waals surface area contributed by atoms with Crippen LogP contribution in [0.3, 0.4) is 0 Å². The third kappa shape index (κ3) is 1.38. The van der Waals surface area contributed by atoms with E-state index in [-0.39, 0.29) is 11.9 Å². The van der Waals surface area contributed by atoms with Gasteiger partial charge in [-0.1, -0.05) is 6.07 Å². The molecule has 0 aromatic heterocycles. The molecule has 1 unspecified atom stereocenters.